The minimum absolute atomic E-state index is 0.0597. The lowest BCUT2D eigenvalue weighted by atomic mass is 9.99. The Kier molecular flexibility index (Phi) is 5.97. The SMILES string of the molecule is CC1Cn2ncc(C(=O)Nc3ccnc(C#N)c3)c2C(=O)N1c1ccc(C(F)(F)c2ccccc2)cc1. The van der Waals surface area contributed by atoms with Crippen molar-refractivity contribution < 1.29 is 18.4 Å². The van der Waals surface area contributed by atoms with Gasteiger partial charge in [0.15, 0.2) is 0 Å². The summed E-state index contributed by atoms with van der Waals surface area (Å²) in [5, 5.41) is 15.9. The van der Waals surface area contributed by atoms with Gasteiger partial charge in [0.05, 0.1) is 24.3 Å². The van der Waals surface area contributed by atoms with Crippen LogP contribution in [0.25, 0.3) is 0 Å². The van der Waals surface area contributed by atoms with Crippen LogP contribution in [0.5, 0.6) is 0 Å². The average molecular weight is 498 g/mol. The van der Waals surface area contributed by atoms with E-state index in [0.29, 0.717) is 17.9 Å². The molecule has 2 aromatic heterocycles. The van der Waals surface area contributed by atoms with Gasteiger partial charge in [0, 0.05) is 28.7 Å². The smallest absolute Gasteiger partial charge is 0.298 e. The second-order valence-electron chi connectivity index (χ2n) is 8.60. The number of aromatic nitrogens is 3. The van der Waals surface area contributed by atoms with Crippen LogP contribution in [-0.2, 0) is 12.5 Å². The van der Waals surface area contributed by atoms with Gasteiger partial charge in [0.2, 0.25) is 0 Å². The normalized spacial score (nSPS) is 15.1. The minimum atomic E-state index is -3.19. The number of rotatable bonds is 5. The largest absolute Gasteiger partial charge is 0.322 e. The Bertz CT molecular complexity index is 1530. The molecule has 4 aromatic rings. The number of nitrogens with zero attached hydrogens (tertiary/aromatic N) is 5. The van der Waals surface area contributed by atoms with E-state index in [1.807, 2.05) is 13.0 Å². The molecule has 1 aliphatic heterocycles. The highest BCUT2D eigenvalue weighted by molar-refractivity contribution is 6.15. The van der Waals surface area contributed by atoms with Gasteiger partial charge in [-0.2, -0.15) is 19.1 Å². The third-order valence-corrected chi connectivity index (χ3v) is 6.16. The van der Waals surface area contributed by atoms with E-state index >= 15 is 0 Å². The lowest BCUT2D eigenvalue weighted by molar-refractivity contribution is 0.0428. The van der Waals surface area contributed by atoms with Gasteiger partial charge in [0.1, 0.15) is 17.5 Å². The summed E-state index contributed by atoms with van der Waals surface area (Å²) in [7, 11) is 0. The Balaban J connectivity index is 1.42. The summed E-state index contributed by atoms with van der Waals surface area (Å²) in [5.41, 5.74) is 0.733. The first-order chi connectivity index (χ1) is 17.8. The molecule has 0 fully saturated rings. The number of fused-ring (bicyclic) bond motifs is 1. The van der Waals surface area contributed by atoms with Crippen LogP contribution in [0.15, 0.2) is 79.1 Å². The van der Waals surface area contributed by atoms with Crippen molar-refractivity contribution in [2.75, 3.05) is 10.2 Å². The highest BCUT2D eigenvalue weighted by Crippen LogP contribution is 2.37. The number of hydrogen-bond donors (Lipinski definition) is 1. The van der Waals surface area contributed by atoms with Gasteiger partial charge in [-0.05, 0) is 31.2 Å². The molecule has 0 aliphatic carbocycles. The zero-order chi connectivity index (χ0) is 26.2. The number of carbonyl (C=O) groups is 2. The van der Waals surface area contributed by atoms with Crippen molar-refractivity contribution in [1.29, 1.82) is 5.26 Å². The molecule has 2 aromatic carbocycles. The van der Waals surface area contributed by atoms with Gasteiger partial charge in [-0.3, -0.25) is 14.3 Å². The van der Waals surface area contributed by atoms with E-state index in [0.717, 1.165) is 0 Å². The van der Waals surface area contributed by atoms with Crippen LogP contribution in [0, 0.1) is 11.3 Å². The van der Waals surface area contributed by atoms with E-state index in [1.165, 1.54) is 70.5 Å². The van der Waals surface area contributed by atoms with Crippen molar-refractivity contribution in [2.24, 2.45) is 0 Å². The van der Waals surface area contributed by atoms with Gasteiger partial charge in [-0.1, -0.05) is 42.5 Å². The number of carbonyl (C=O) groups excluding carboxylic acids is 2. The van der Waals surface area contributed by atoms with Crippen LogP contribution in [-0.4, -0.2) is 32.6 Å². The average Bonchev–Trinajstić information content (AvgIpc) is 3.34. The molecule has 0 saturated heterocycles. The van der Waals surface area contributed by atoms with E-state index in [4.69, 9.17) is 5.26 Å². The van der Waals surface area contributed by atoms with Crippen molar-refractivity contribution in [1.82, 2.24) is 14.8 Å². The van der Waals surface area contributed by atoms with Gasteiger partial charge >= 0.3 is 0 Å². The maximum atomic E-state index is 15.0. The molecule has 2 amide bonds. The highest BCUT2D eigenvalue weighted by atomic mass is 19.3. The summed E-state index contributed by atoms with van der Waals surface area (Å²) in [6.07, 6.45) is 2.70. The predicted octanol–water partition coefficient (Wildman–Crippen LogP) is 4.59. The summed E-state index contributed by atoms with van der Waals surface area (Å²) in [6, 6.07) is 17.6. The van der Waals surface area contributed by atoms with Gasteiger partial charge in [-0.25, -0.2) is 4.98 Å². The van der Waals surface area contributed by atoms with Crippen molar-refractivity contribution >= 4 is 23.2 Å². The lowest BCUT2D eigenvalue weighted by Gasteiger charge is -2.34. The molecule has 0 spiro atoms. The summed E-state index contributed by atoms with van der Waals surface area (Å²) >= 11 is 0. The molecule has 0 saturated carbocycles. The monoisotopic (exact) mass is 498 g/mol. The topological polar surface area (TPSA) is 104 Å². The van der Waals surface area contributed by atoms with Crippen LogP contribution in [0.1, 0.15) is 44.6 Å². The van der Waals surface area contributed by atoms with E-state index in [-0.39, 0.29) is 34.1 Å². The molecule has 1 N–H and O–H groups in total. The predicted molar refractivity (Wildman–Crippen MR) is 131 cm³/mol. The molecule has 1 atom stereocenters. The molecular weight excluding hydrogens is 478 g/mol. The third kappa shape index (κ3) is 4.31. The van der Waals surface area contributed by atoms with Gasteiger partial charge in [-0.15, -0.1) is 0 Å². The highest BCUT2D eigenvalue weighted by Gasteiger charge is 2.37. The number of pyridine rings is 1. The molecule has 0 bridgehead atoms. The quantitative estimate of drug-likeness (QED) is 0.433. The summed E-state index contributed by atoms with van der Waals surface area (Å²) in [6.45, 7) is 2.12. The number of nitrogens with one attached hydrogen (secondary N) is 1. The van der Waals surface area contributed by atoms with E-state index in [2.05, 4.69) is 15.4 Å². The fraction of sp³-hybridized carbons (Fsp3) is 0.148. The van der Waals surface area contributed by atoms with Crippen LogP contribution in [0.3, 0.4) is 0 Å². The number of alkyl halides is 2. The zero-order valence-electron chi connectivity index (χ0n) is 19.6. The first kappa shape index (κ1) is 23.8. The summed E-state index contributed by atoms with van der Waals surface area (Å²) in [5.74, 6) is -4.24. The van der Waals surface area contributed by atoms with Gasteiger partial charge < -0.3 is 10.2 Å². The second-order valence-corrected chi connectivity index (χ2v) is 8.60. The molecular formula is C27H20F2N6O2. The van der Waals surface area contributed by atoms with E-state index < -0.39 is 17.7 Å². The molecule has 0 radical (unpaired) electrons. The van der Waals surface area contributed by atoms with Crippen molar-refractivity contribution in [3.05, 3.63) is 107 Å². The summed E-state index contributed by atoms with van der Waals surface area (Å²) in [4.78, 5) is 31.9. The number of halogens is 2. The fourth-order valence-corrected chi connectivity index (χ4v) is 4.35. The number of hydrogen-bond acceptors (Lipinski definition) is 5. The first-order valence-corrected chi connectivity index (χ1v) is 11.4. The Morgan fingerprint density at radius 3 is 2.51 bits per heavy atom. The molecule has 184 valence electrons. The third-order valence-electron chi connectivity index (χ3n) is 6.16. The fourth-order valence-electron chi connectivity index (χ4n) is 4.35. The van der Waals surface area contributed by atoms with E-state index in [1.54, 1.807) is 18.2 Å². The summed E-state index contributed by atoms with van der Waals surface area (Å²) < 4.78 is 31.4. The number of nitriles is 1. The number of anilines is 2. The van der Waals surface area contributed by atoms with Gasteiger partial charge in [0.25, 0.3) is 17.7 Å². The van der Waals surface area contributed by atoms with Crippen LogP contribution in [0.2, 0.25) is 0 Å². The van der Waals surface area contributed by atoms with Crippen LogP contribution >= 0.6 is 0 Å². The zero-order valence-corrected chi connectivity index (χ0v) is 19.6. The maximum absolute atomic E-state index is 15.0. The minimum Gasteiger partial charge on any atom is -0.322 e. The Morgan fingerprint density at radius 1 is 1.11 bits per heavy atom. The standard InChI is InChI=1S/C27H20F2N6O2/c1-17-16-34-24(23(15-32-34)25(36)33-20-11-12-31-21(13-20)14-30)26(37)35(17)22-9-7-19(8-10-22)27(28,29)18-5-3-2-4-6-18/h2-13,15,17H,16H2,1H3,(H,31,33,36). The van der Waals surface area contributed by atoms with Crippen molar-refractivity contribution in [3.8, 4) is 6.07 Å². The maximum Gasteiger partial charge on any atom is 0.298 e. The van der Waals surface area contributed by atoms with Crippen LogP contribution < -0.4 is 10.2 Å². The Hall–Kier alpha value is -4.91. The lowest BCUT2D eigenvalue weighted by Crippen LogP contribution is -2.47. The Labute approximate surface area is 210 Å². The first-order valence-electron chi connectivity index (χ1n) is 11.4. The number of amides is 2. The number of benzene rings is 2. The molecule has 8 nitrogen and oxygen atoms in total. The van der Waals surface area contributed by atoms with E-state index in [9.17, 15) is 18.4 Å². The molecule has 10 heteroatoms. The molecule has 1 aliphatic rings. The molecule has 5 rings (SSSR count). The van der Waals surface area contributed by atoms with Crippen LogP contribution in [0.4, 0.5) is 20.2 Å². The van der Waals surface area contributed by atoms with Crippen molar-refractivity contribution in [3.63, 3.8) is 0 Å². The Morgan fingerprint density at radius 2 is 1.81 bits per heavy atom. The molecule has 1 unspecified atom stereocenters. The second kappa shape index (κ2) is 9.28. The molecule has 37 heavy (non-hydrogen) atoms. The van der Waals surface area contributed by atoms with Crippen molar-refractivity contribution in [2.45, 2.75) is 25.4 Å². The molecule has 3 heterocycles.